The molecule has 2 rings (SSSR count). The third-order valence-electron chi connectivity index (χ3n) is 2.68. The van der Waals surface area contributed by atoms with Crippen molar-refractivity contribution in [3.05, 3.63) is 50.1 Å². The summed E-state index contributed by atoms with van der Waals surface area (Å²) in [6.45, 7) is 0.670. The molecular formula is C14H10BrN3S. The van der Waals surface area contributed by atoms with Gasteiger partial charge in [0.1, 0.15) is 12.1 Å². The first-order chi connectivity index (χ1) is 9.15. The minimum Gasteiger partial charge on any atom is -0.367 e. The summed E-state index contributed by atoms with van der Waals surface area (Å²) >= 11 is 5.08. The van der Waals surface area contributed by atoms with Gasteiger partial charge in [-0.25, -0.2) is 0 Å². The molecule has 0 spiro atoms. The van der Waals surface area contributed by atoms with Gasteiger partial charge in [0, 0.05) is 11.9 Å². The Bertz CT molecular complexity index is 646. The van der Waals surface area contributed by atoms with Crippen LogP contribution in [-0.2, 0) is 6.54 Å². The fourth-order valence-corrected chi connectivity index (χ4v) is 3.42. The van der Waals surface area contributed by atoms with Crippen LogP contribution >= 0.6 is 27.3 Å². The molecule has 19 heavy (non-hydrogen) atoms. The quantitative estimate of drug-likeness (QED) is 0.857. The third kappa shape index (κ3) is 2.96. The van der Waals surface area contributed by atoms with Crippen LogP contribution in [0.15, 0.2) is 34.1 Å². The van der Waals surface area contributed by atoms with Crippen molar-refractivity contribution in [2.45, 2.75) is 6.54 Å². The van der Waals surface area contributed by atoms with Crippen LogP contribution in [0.2, 0.25) is 0 Å². The Morgan fingerprint density at radius 1 is 1.16 bits per heavy atom. The minimum atomic E-state index is 0.525. The summed E-state index contributed by atoms with van der Waals surface area (Å²) < 4.78 is 1.07. The highest BCUT2D eigenvalue weighted by Crippen LogP contribution is 2.28. The van der Waals surface area contributed by atoms with Gasteiger partial charge in [0.15, 0.2) is 0 Å². The number of anilines is 1. The van der Waals surface area contributed by atoms with Gasteiger partial charge in [0.2, 0.25) is 0 Å². The highest BCUT2D eigenvalue weighted by molar-refractivity contribution is 9.11. The maximum Gasteiger partial charge on any atom is 0.101 e. The van der Waals surface area contributed by atoms with Crippen molar-refractivity contribution in [1.82, 2.24) is 0 Å². The van der Waals surface area contributed by atoms with Gasteiger partial charge in [-0.15, -0.1) is 11.3 Å². The number of rotatable bonds is 3. The lowest BCUT2D eigenvalue weighted by atomic mass is 10.1. The number of nitrogens with zero attached hydrogens (tertiary/aromatic N) is 3. The topological polar surface area (TPSA) is 50.8 Å². The molecule has 1 aromatic heterocycles. The molecule has 5 heteroatoms. The molecule has 0 aliphatic rings. The molecule has 94 valence electrons. The fourth-order valence-electron chi connectivity index (χ4n) is 1.88. The zero-order valence-corrected chi connectivity index (χ0v) is 12.6. The molecule has 3 nitrogen and oxygen atoms in total. The van der Waals surface area contributed by atoms with Crippen LogP contribution in [0.3, 0.4) is 0 Å². The van der Waals surface area contributed by atoms with Crippen LogP contribution in [0.4, 0.5) is 5.69 Å². The maximum absolute atomic E-state index is 9.17. The zero-order valence-electron chi connectivity index (χ0n) is 10.2. The number of hydrogen-bond acceptors (Lipinski definition) is 4. The Labute approximate surface area is 124 Å². The normalized spacial score (nSPS) is 9.68. The lowest BCUT2D eigenvalue weighted by molar-refractivity contribution is 0.935. The Morgan fingerprint density at radius 2 is 1.79 bits per heavy atom. The molecule has 0 aliphatic heterocycles. The molecule has 0 bridgehead atoms. The second-order valence-corrected chi connectivity index (χ2v) is 6.53. The van der Waals surface area contributed by atoms with Crippen molar-refractivity contribution < 1.29 is 0 Å². The van der Waals surface area contributed by atoms with E-state index in [-0.39, 0.29) is 0 Å². The average Bonchev–Trinajstić information content (AvgIpc) is 2.82. The number of para-hydroxylation sites is 1. The van der Waals surface area contributed by atoms with E-state index in [0.717, 1.165) is 3.79 Å². The second-order valence-electron chi connectivity index (χ2n) is 3.99. The standard InChI is InChI=1S/C14H10BrN3S/c1-18(9-12-5-6-13(15)19-12)14-10(7-16)3-2-4-11(14)8-17/h2-6H,9H2,1H3. The van der Waals surface area contributed by atoms with Crippen molar-refractivity contribution in [2.75, 3.05) is 11.9 Å². The van der Waals surface area contributed by atoms with E-state index < -0.39 is 0 Å². The SMILES string of the molecule is CN(Cc1ccc(Br)s1)c1c(C#N)cccc1C#N. The smallest absolute Gasteiger partial charge is 0.101 e. The largest absolute Gasteiger partial charge is 0.367 e. The number of halogens is 1. The highest BCUT2D eigenvalue weighted by atomic mass is 79.9. The number of benzene rings is 1. The first kappa shape index (κ1) is 13.6. The molecule has 0 saturated heterocycles. The van der Waals surface area contributed by atoms with E-state index in [1.165, 1.54) is 4.88 Å². The van der Waals surface area contributed by atoms with Crippen molar-refractivity contribution >= 4 is 33.0 Å². The number of hydrogen-bond donors (Lipinski definition) is 0. The van der Waals surface area contributed by atoms with Gasteiger partial charge in [-0.2, -0.15) is 10.5 Å². The van der Waals surface area contributed by atoms with Gasteiger partial charge in [-0.3, -0.25) is 0 Å². The molecule has 0 N–H and O–H groups in total. The molecule has 0 saturated carbocycles. The molecule has 2 aromatic rings. The molecule has 0 fully saturated rings. The van der Waals surface area contributed by atoms with Gasteiger partial charge >= 0.3 is 0 Å². The molecule has 1 aromatic carbocycles. The van der Waals surface area contributed by atoms with Crippen LogP contribution in [0, 0.1) is 22.7 Å². The summed E-state index contributed by atoms with van der Waals surface area (Å²) in [5, 5.41) is 18.3. The third-order valence-corrected chi connectivity index (χ3v) is 4.29. The van der Waals surface area contributed by atoms with E-state index in [9.17, 15) is 0 Å². The minimum absolute atomic E-state index is 0.525. The molecule has 0 radical (unpaired) electrons. The average molecular weight is 332 g/mol. The summed E-state index contributed by atoms with van der Waals surface area (Å²) in [5.41, 5.74) is 1.74. The lowest BCUT2D eigenvalue weighted by Gasteiger charge is -2.20. The maximum atomic E-state index is 9.17. The Morgan fingerprint density at radius 3 is 2.26 bits per heavy atom. The lowest BCUT2D eigenvalue weighted by Crippen LogP contribution is -2.18. The van der Waals surface area contributed by atoms with Gasteiger partial charge in [0.25, 0.3) is 0 Å². The van der Waals surface area contributed by atoms with Crippen molar-refractivity contribution in [1.29, 1.82) is 10.5 Å². The number of nitriles is 2. The second kappa shape index (κ2) is 5.88. The Balaban J connectivity index is 2.36. The van der Waals surface area contributed by atoms with Crippen LogP contribution in [-0.4, -0.2) is 7.05 Å². The highest BCUT2D eigenvalue weighted by Gasteiger charge is 2.13. The zero-order chi connectivity index (χ0) is 13.8. The molecule has 0 unspecified atom stereocenters. The Kier molecular flexibility index (Phi) is 4.21. The van der Waals surface area contributed by atoms with Crippen LogP contribution in [0.5, 0.6) is 0 Å². The first-order valence-electron chi connectivity index (χ1n) is 5.54. The van der Waals surface area contributed by atoms with Crippen molar-refractivity contribution in [2.24, 2.45) is 0 Å². The van der Waals surface area contributed by atoms with Crippen LogP contribution in [0.25, 0.3) is 0 Å². The predicted octanol–water partition coefficient (Wildman–Crippen LogP) is 3.89. The summed E-state index contributed by atoms with van der Waals surface area (Å²) in [6.07, 6.45) is 0. The monoisotopic (exact) mass is 331 g/mol. The van der Waals surface area contributed by atoms with Gasteiger partial charge in [-0.1, -0.05) is 6.07 Å². The van der Waals surface area contributed by atoms with Gasteiger partial charge in [0.05, 0.1) is 27.1 Å². The van der Waals surface area contributed by atoms with E-state index in [2.05, 4.69) is 28.1 Å². The summed E-state index contributed by atoms with van der Waals surface area (Å²) in [5.74, 6) is 0. The number of thiophene rings is 1. The van der Waals surface area contributed by atoms with E-state index >= 15 is 0 Å². The van der Waals surface area contributed by atoms with Crippen LogP contribution in [0.1, 0.15) is 16.0 Å². The van der Waals surface area contributed by atoms with Gasteiger partial charge in [-0.05, 0) is 40.2 Å². The van der Waals surface area contributed by atoms with Crippen molar-refractivity contribution in [3.8, 4) is 12.1 Å². The Hall–Kier alpha value is -1.82. The van der Waals surface area contributed by atoms with E-state index in [1.807, 2.05) is 24.1 Å². The molecule has 1 heterocycles. The predicted molar refractivity (Wildman–Crippen MR) is 80.0 cm³/mol. The van der Waals surface area contributed by atoms with E-state index in [4.69, 9.17) is 10.5 Å². The molecule has 0 aliphatic carbocycles. The first-order valence-corrected chi connectivity index (χ1v) is 7.15. The fraction of sp³-hybridized carbons (Fsp3) is 0.143. The molecule has 0 atom stereocenters. The molecular weight excluding hydrogens is 322 g/mol. The summed E-state index contributed by atoms with van der Waals surface area (Å²) in [7, 11) is 1.89. The van der Waals surface area contributed by atoms with Crippen molar-refractivity contribution in [3.63, 3.8) is 0 Å². The molecule has 0 amide bonds. The summed E-state index contributed by atoms with van der Waals surface area (Å²) in [4.78, 5) is 3.11. The van der Waals surface area contributed by atoms with E-state index in [0.29, 0.717) is 23.4 Å². The van der Waals surface area contributed by atoms with Gasteiger partial charge < -0.3 is 4.90 Å². The van der Waals surface area contributed by atoms with Crippen LogP contribution < -0.4 is 4.90 Å². The van der Waals surface area contributed by atoms with E-state index in [1.54, 1.807) is 29.5 Å². The summed E-state index contributed by atoms with van der Waals surface area (Å²) in [6, 6.07) is 13.5.